The van der Waals surface area contributed by atoms with Crippen molar-refractivity contribution in [1.82, 2.24) is 4.90 Å². The second-order valence-electron chi connectivity index (χ2n) is 6.05. The highest BCUT2D eigenvalue weighted by Gasteiger charge is 2.19. The molecule has 1 aliphatic rings. The Kier molecular flexibility index (Phi) is 3.55. The number of nitrogens with two attached hydrogens (primary N) is 1. The standard InChI is InChI=1S/C15H24N2/c1-15(2,3)14-5-4-13-11-17(9-7-16)8-6-12(13)10-14/h4-5,10H,6-9,11,16H2,1-3H3. The van der Waals surface area contributed by atoms with Gasteiger partial charge in [0, 0.05) is 26.2 Å². The summed E-state index contributed by atoms with van der Waals surface area (Å²) in [4.78, 5) is 2.44. The number of hydrogen-bond donors (Lipinski definition) is 1. The quantitative estimate of drug-likeness (QED) is 0.848. The fraction of sp³-hybridized carbons (Fsp3) is 0.600. The van der Waals surface area contributed by atoms with Crippen molar-refractivity contribution in [3.63, 3.8) is 0 Å². The van der Waals surface area contributed by atoms with Gasteiger partial charge in [0.05, 0.1) is 0 Å². The number of rotatable bonds is 2. The first-order valence-electron chi connectivity index (χ1n) is 6.55. The van der Waals surface area contributed by atoms with Crippen LogP contribution in [0.15, 0.2) is 18.2 Å². The van der Waals surface area contributed by atoms with Crippen LogP contribution in [0.2, 0.25) is 0 Å². The Morgan fingerprint density at radius 2 is 2.00 bits per heavy atom. The van der Waals surface area contributed by atoms with Crippen molar-refractivity contribution in [2.24, 2.45) is 5.73 Å². The minimum absolute atomic E-state index is 0.253. The van der Waals surface area contributed by atoms with E-state index >= 15 is 0 Å². The fourth-order valence-corrected chi connectivity index (χ4v) is 2.45. The second kappa shape index (κ2) is 4.79. The molecule has 0 fully saturated rings. The lowest BCUT2D eigenvalue weighted by atomic mass is 9.84. The molecule has 0 saturated heterocycles. The summed E-state index contributed by atoms with van der Waals surface area (Å²) in [6, 6.07) is 6.98. The molecule has 94 valence electrons. The molecule has 0 unspecified atom stereocenters. The average Bonchev–Trinajstić information content (AvgIpc) is 2.27. The van der Waals surface area contributed by atoms with Gasteiger partial charge in [-0.25, -0.2) is 0 Å². The Balaban J connectivity index is 2.20. The van der Waals surface area contributed by atoms with Crippen LogP contribution in [0.25, 0.3) is 0 Å². The molecule has 0 amide bonds. The molecule has 0 saturated carbocycles. The van der Waals surface area contributed by atoms with Crippen LogP contribution < -0.4 is 5.73 Å². The van der Waals surface area contributed by atoms with Gasteiger partial charge in [-0.2, -0.15) is 0 Å². The third kappa shape index (κ3) is 2.88. The van der Waals surface area contributed by atoms with Gasteiger partial charge in [0.15, 0.2) is 0 Å². The Hall–Kier alpha value is -0.860. The first-order chi connectivity index (χ1) is 8.00. The van der Waals surface area contributed by atoms with Gasteiger partial charge >= 0.3 is 0 Å². The Bertz CT molecular complexity index is 390. The van der Waals surface area contributed by atoms with Crippen LogP contribution in [-0.4, -0.2) is 24.5 Å². The number of nitrogens with zero attached hydrogens (tertiary/aromatic N) is 1. The first kappa shape index (κ1) is 12.6. The van der Waals surface area contributed by atoms with Crippen LogP contribution in [0, 0.1) is 0 Å². The first-order valence-corrected chi connectivity index (χ1v) is 6.55. The Morgan fingerprint density at radius 1 is 1.24 bits per heavy atom. The molecule has 0 spiro atoms. The van der Waals surface area contributed by atoms with Crippen LogP contribution in [-0.2, 0) is 18.4 Å². The summed E-state index contributed by atoms with van der Waals surface area (Å²) in [6.45, 7) is 10.8. The summed E-state index contributed by atoms with van der Waals surface area (Å²) in [5.41, 5.74) is 10.3. The Labute approximate surface area is 105 Å². The zero-order valence-corrected chi connectivity index (χ0v) is 11.3. The molecule has 0 atom stereocenters. The van der Waals surface area contributed by atoms with Gasteiger partial charge in [-0.3, -0.25) is 4.90 Å². The molecule has 1 heterocycles. The minimum atomic E-state index is 0.253. The summed E-state index contributed by atoms with van der Waals surface area (Å²) in [5.74, 6) is 0. The highest BCUT2D eigenvalue weighted by molar-refractivity contribution is 5.36. The third-order valence-electron chi connectivity index (χ3n) is 3.61. The molecule has 17 heavy (non-hydrogen) atoms. The molecule has 0 bridgehead atoms. The molecule has 2 nitrogen and oxygen atoms in total. The van der Waals surface area contributed by atoms with E-state index in [1.54, 1.807) is 0 Å². The monoisotopic (exact) mass is 232 g/mol. The van der Waals surface area contributed by atoms with E-state index in [0.29, 0.717) is 0 Å². The normalized spacial score (nSPS) is 16.9. The lowest BCUT2D eigenvalue weighted by molar-refractivity contribution is 0.261. The molecule has 0 aliphatic carbocycles. The molecule has 2 rings (SSSR count). The van der Waals surface area contributed by atoms with Crippen molar-refractivity contribution in [2.75, 3.05) is 19.6 Å². The summed E-state index contributed by atoms with van der Waals surface area (Å²) in [5, 5.41) is 0. The molecular formula is C15H24N2. The second-order valence-corrected chi connectivity index (χ2v) is 6.05. The van der Waals surface area contributed by atoms with Crippen LogP contribution in [0.1, 0.15) is 37.5 Å². The van der Waals surface area contributed by atoms with E-state index in [0.717, 1.165) is 26.2 Å². The van der Waals surface area contributed by atoms with Crippen molar-refractivity contribution in [1.29, 1.82) is 0 Å². The summed E-state index contributed by atoms with van der Waals surface area (Å²) in [6.07, 6.45) is 1.17. The third-order valence-corrected chi connectivity index (χ3v) is 3.61. The topological polar surface area (TPSA) is 29.3 Å². The maximum atomic E-state index is 5.62. The molecule has 2 heteroatoms. The molecule has 0 radical (unpaired) electrons. The van der Waals surface area contributed by atoms with Gasteiger partial charge in [-0.15, -0.1) is 0 Å². The van der Waals surface area contributed by atoms with Gasteiger partial charge in [-0.1, -0.05) is 39.0 Å². The van der Waals surface area contributed by atoms with Gasteiger partial charge in [-0.05, 0) is 28.5 Å². The van der Waals surface area contributed by atoms with Crippen molar-refractivity contribution in [3.05, 3.63) is 34.9 Å². The Morgan fingerprint density at radius 3 is 2.65 bits per heavy atom. The van der Waals surface area contributed by atoms with Crippen LogP contribution >= 0.6 is 0 Å². The molecule has 2 N–H and O–H groups in total. The van der Waals surface area contributed by atoms with E-state index in [-0.39, 0.29) is 5.41 Å². The van der Waals surface area contributed by atoms with E-state index in [1.165, 1.54) is 23.1 Å². The van der Waals surface area contributed by atoms with E-state index in [2.05, 4.69) is 43.9 Å². The zero-order chi connectivity index (χ0) is 12.5. The van der Waals surface area contributed by atoms with Crippen LogP contribution in [0.5, 0.6) is 0 Å². The largest absolute Gasteiger partial charge is 0.329 e. The predicted octanol–water partition coefficient (Wildman–Crippen LogP) is 2.30. The maximum Gasteiger partial charge on any atom is 0.0237 e. The number of benzene rings is 1. The van der Waals surface area contributed by atoms with Crippen molar-refractivity contribution in [3.8, 4) is 0 Å². The van der Waals surface area contributed by atoms with Gasteiger partial charge < -0.3 is 5.73 Å². The van der Waals surface area contributed by atoms with Crippen LogP contribution in [0.3, 0.4) is 0 Å². The van der Waals surface area contributed by atoms with Crippen molar-refractivity contribution >= 4 is 0 Å². The summed E-state index contributed by atoms with van der Waals surface area (Å²) < 4.78 is 0. The van der Waals surface area contributed by atoms with Gasteiger partial charge in [0.2, 0.25) is 0 Å². The molecule has 0 aromatic heterocycles. The zero-order valence-electron chi connectivity index (χ0n) is 11.3. The van der Waals surface area contributed by atoms with Crippen molar-refractivity contribution in [2.45, 2.75) is 39.2 Å². The van der Waals surface area contributed by atoms with Gasteiger partial charge in [0.25, 0.3) is 0 Å². The van der Waals surface area contributed by atoms with E-state index in [9.17, 15) is 0 Å². The number of fused-ring (bicyclic) bond motifs is 1. The van der Waals surface area contributed by atoms with Gasteiger partial charge in [0.1, 0.15) is 0 Å². The lowest BCUT2D eigenvalue weighted by Crippen LogP contribution is -2.34. The highest BCUT2D eigenvalue weighted by Crippen LogP contribution is 2.27. The van der Waals surface area contributed by atoms with E-state index in [1.807, 2.05) is 0 Å². The predicted molar refractivity (Wildman–Crippen MR) is 73.2 cm³/mol. The lowest BCUT2D eigenvalue weighted by Gasteiger charge is -2.30. The van der Waals surface area contributed by atoms with E-state index in [4.69, 9.17) is 5.73 Å². The van der Waals surface area contributed by atoms with E-state index < -0.39 is 0 Å². The smallest absolute Gasteiger partial charge is 0.0237 e. The highest BCUT2D eigenvalue weighted by atomic mass is 15.1. The molecular weight excluding hydrogens is 208 g/mol. The average molecular weight is 232 g/mol. The SMILES string of the molecule is CC(C)(C)c1ccc2c(c1)CCN(CCN)C2. The molecule has 1 aliphatic heterocycles. The minimum Gasteiger partial charge on any atom is -0.329 e. The summed E-state index contributed by atoms with van der Waals surface area (Å²) in [7, 11) is 0. The maximum absolute atomic E-state index is 5.62. The fourth-order valence-electron chi connectivity index (χ4n) is 2.45. The van der Waals surface area contributed by atoms with Crippen molar-refractivity contribution < 1.29 is 0 Å². The summed E-state index contributed by atoms with van der Waals surface area (Å²) >= 11 is 0. The number of hydrogen-bond acceptors (Lipinski definition) is 2. The molecule has 1 aromatic rings. The van der Waals surface area contributed by atoms with Crippen LogP contribution in [0.4, 0.5) is 0 Å². The molecule has 1 aromatic carbocycles.